The second-order valence-electron chi connectivity index (χ2n) is 4.76. The zero-order valence-corrected chi connectivity index (χ0v) is 10.5. The van der Waals surface area contributed by atoms with Crippen LogP contribution < -0.4 is 5.73 Å². The number of Topliss-reactive ketones (excluding diaryl/α,β-unsaturated/α-hetero) is 1. The van der Waals surface area contributed by atoms with E-state index in [1.165, 1.54) is 12.3 Å². The standard InChI is InChI=1S/C13H10ClNO4/c14-9-4-7(3-6-1-2-19-10(6)9)11(16)13(15)5-8(13)12(17)18/h1-4,8H,5,15H2,(H,17,18). The van der Waals surface area contributed by atoms with Gasteiger partial charge in [-0.1, -0.05) is 11.6 Å². The lowest BCUT2D eigenvalue weighted by molar-refractivity contribution is -0.138. The largest absolute Gasteiger partial charge is 0.481 e. The zero-order chi connectivity index (χ0) is 13.8. The Morgan fingerprint density at radius 2 is 2.21 bits per heavy atom. The highest BCUT2D eigenvalue weighted by molar-refractivity contribution is 6.35. The molecular formula is C13H10ClNO4. The topological polar surface area (TPSA) is 93.5 Å². The summed E-state index contributed by atoms with van der Waals surface area (Å²) >= 11 is 6.01. The molecule has 0 saturated heterocycles. The van der Waals surface area contributed by atoms with Crippen molar-refractivity contribution in [2.24, 2.45) is 11.7 Å². The lowest BCUT2D eigenvalue weighted by atomic mass is 10.00. The van der Waals surface area contributed by atoms with Gasteiger partial charge in [0.1, 0.15) is 0 Å². The molecule has 6 heteroatoms. The number of rotatable bonds is 3. The van der Waals surface area contributed by atoms with Gasteiger partial charge in [0.05, 0.1) is 22.7 Å². The maximum atomic E-state index is 12.3. The summed E-state index contributed by atoms with van der Waals surface area (Å²) in [6.45, 7) is 0. The third kappa shape index (κ3) is 1.74. The van der Waals surface area contributed by atoms with Crippen LogP contribution in [0.4, 0.5) is 0 Å². The van der Waals surface area contributed by atoms with Crippen molar-refractivity contribution < 1.29 is 19.1 Å². The molecule has 1 saturated carbocycles. The number of hydrogen-bond acceptors (Lipinski definition) is 4. The van der Waals surface area contributed by atoms with E-state index in [1.807, 2.05) is 0 Å². The first-order chi connectivity index (χ1) is 8.93. The van der Waals surface area contributed by atoms with E-state index in [2.05, 4.69) is 0 Å². The average molecular weight is 280 g/mol. The number of furan rings is 1. The summed E-state index contributed by atoms with van der Waals surface area (Å²) < 4.78 is 5.18. The Kier molecular flexibility index (Phi) is 2.45. The second kappa shape index (κ2) is 3.82. The van der Waals surface area contributed by atoms with Crippen LogP contribution in [0.2, 0.25) is 5.02 Å². The van der Waals surface area contributed by atoms with Crippen LogP contribution >= 0.6 is 11.6 Å². The minimum atomic E-state index is -1.31. The SMILES string of the molecule is NC1(C(=O)c2cc(Cl)c3occc3c2)CC1C(=O)O. The summed E-state index contributed by atoms with van der Waals surface area (Å²) in [6.07, 6.45) is 1.63. The molecule has 0 aliphatic heterocycles. The van der Waals surface area contributed by atoms with Crippen LogP contribution in [-0.4, -0.2) is 22.4 Å². The van der Waals surface area contributed by atoms with E-state index in [-0.39, 0.29) is 6.42 Å². The molecule has 3 N–H and O–H groups in total. The van der Waals surface area contributed by atoms with Crippen LogP contribution in [0.5, 0.6) is 0 Å². The lowest BCUT2D eigenvalue weighted by Gasteiger charge is -2.09. The molecule has 1 aromatic heterocycles. The summed E-state index contributed by atoms with van der Waals surface area (Å²) in [5, 5.41) is 9.90. The van der Waals surface area contributed by atoms with E-state index in [1.54, 1.807) is 12.1 Å². The summed E-state index contributed by atoms with van der Waals surface area (Å²) in [5.74, 6) is -2.27. The quantitative estimate of drug-likeness (QED) is 0.839. The smallest absolute Gasteiger partial charge is 0.308 e. The van der Waals surface area contributed by atoms with Gasteiger partial charge in [-0.15, -0.1) is 0 Å². The summed E-state index contributed by atoms with van der Waals surface area (Å²) in [4.78, 5) is 23.2. The fraction of sp³-hybridized carbons (Fsp3) is 0.231. The van der Waals surface area contributed by atoms with Crippen molar-refractivity contribution in [3.63, 3.8) is 0 Å². The van der Waals surface area contributed by atoms with Crippen LogP contribution in [0.3, 0.4) is 0 Å². The van der Waals surface area contributed by atoms with Crippen molar-refractivity contribution in [1.82, 2.24) is 0 Å². The molecule has 1 aliphatic rings. The van der Waals surface area contributed by atoms with E-state index in [0.29, 0.717) is 21.6 Å². The molecule has 1 fully saturated rings. The highest BCUT2D eigenvalue weighted by atomic mass is 35.5. The number of carboxylic acids is 1. The zero-order valence-electron chi connectivity index (χ0n) is 9.72. The van der Waals surface area contributed by atoms with E-state index in [0.717, 1.165) is 0 Å². The predicted octanol–water partition coefficient (Wildman–Crippen LogP) is 2.07. The van der Waals surface area contributed by atoms with Gasteiger partial charge >= 0.3 is 5.97 Å². The third-order valence-electron chi connectivity index (χ3n) is 3.49. The Labute approximate surface area is 112 Å². The van der Waals surface area contributed by atoms with E-state index < -0.39 is 23.2 Å². The van der Waals surface area contributed by atoms with Crippen LogP contribution in [-0.2, 0) is 4.79 Å². The number of carbonyl (C=O) groups is 2. The number of benzene rings is 1. The molecular weight excluding hydrogens is 270 g/mol. The van der Waals surface area contributed by atoms with Gasteiger partial charge in [0, 0.05) is 10.9 Å². The van der Waals surface area contributed by atoms with Gasteiger partial charge in [0.25, 0.3) is 0 Å². The van der Waals surface area contributed by atoms with Gasteiger partial charge in [-0.05, 0) is 24.6 Å². The number of carboxylic acid groups (broad SMARTS) is 1. The number of halogens is 1. The van der Waals surface area contributed by atoms with Crippen LogP contribution in [0.1, 0.15) is 16.8 Å². The molecule has 1 aromatic carbocycles. The predicted molar refractivity (Wildman–Crippen MR) is 68.2 cm³/mol. The molecule has 0 spiro atoms. The fourth-order valence-electron chi connectivity index (χ4n) is 2.28. The first kappa shape index (κ1) is 12.2. The number of aliphatic carboxylic acids is 1. The molecule has 0 radical (unpaired) electrons. The van der Waals surface area contributed by atoms with Crippen molar-refractivity contribution in [3.8, 4) is 0 Å². The Bertz CT molecular complexity index is 708. The highest BCUT2D eigenvalue weighted by Crippen LogP contribution is 2.44. The van der Waals surface area contributed by atoms with Gasteiger partial charge in [-0.2, -0.15) is 0 Å². The normalized spacial score (nSPS) is 25.5. The molecule has 2 unspecified atom stereocenters. The van der Waals surface area contributed by atoms with E-state index >= 15 is 0 Å². The first-order valence-corrected chi connectivity index (χ1v) is 6.04. The Morgan fingerprint density at radius 3 is 2.84 bits per heavy atom. The summed E-state index contributed by atoms with van der Waals surface area (Å²) in [6, 6.07) is 4.75. The van der Waals surface area contributed by atoms with Crippen molar-refractivity contribution in [1.29, 1.82) is 0 Å². The molecule has 5 nitrogen and oxygen atoms in total. The summed E-state index contributed by atoms with van der Waals surface area (Å²) in [7, 11) is 0. The molecule has 3 rings (SSSR count). The van der Waals surface area contributed by atoms with Gasteiger partial charge < -0.3 is 15.3 Å². The number of fused-ring (bicyclic) bond motifs is 1. The van der Waals surface area contributed by atoms with Crippen molar-refractivity contribution in [2.45, 2.75) is 12.0 Å². The van der Waals surface area contributed by atoms with Gasteiger partial charge in [0.15, 0.2) is 11.4 Å². The fourth-order valence-corrected chi connectivity index (χ4v) is 2.55. The van der Waals surface area contributed by atoms with Crippen molar-refractivity contribution >= 4 is 34.3 Å². The number of ketones is 1. The molecule has 0 amide bonds. The first-order valence-electron chi connectivity index (χ1n) is 5.67. The lowest BCUT2D eigenvalue weighted by Crippen LogP contribution is -2.37. The van der Waals surface area contributed by atoms with Crippen molar-refractivity contribution in [3.05, 3.63) is 35.0 Å². The molecule has 0 bridgehead atoms. The minimum Gasteiger partial charge on any atom is -0.481 e. The van der Waals surface area contributed by atoms with Gasteiger partial charge in [0.2, 0.25) is 0 Å². The van der Waals surface area contributed by atoms with Crippen LogP contribution in [0, 0.1) is 5.92 Å². The minimum absolute atomic E-state index is 0.155. The van der Waals surface area contributed by atoms with E-state index in [9.17, 15) is 9.59 Å². The third-order valence-corrected chi connectivity index (χ3v) is 3.77. The molecule has 2 aromatic rings. The second-order valence-corrected chi connectivity index (χ2v) is 5.17. The molecule has 98 valence electrons. The van der Waals surface area contributed by atoms with E-state index in [4.69, 9.17) is 26.9 Å². The Balaban J connectivity index is 2.01. The molecule has 1 heterocycles. The number of nitrogens with two attached hydrogens (primary N) is 1. The molecule has 19 heavy (non-hydrogen) atoms. The van der Waals surface area contributed by atoms with Crippen LogP contribution in [0.25, 0.3) is 11.0 Å². The van der Waals surface area contributed by atoms with Crippen LogP contribution in [0.15, 0.2) is 28.9 Å². The highest BCUT2D eigenvalue weighted by Gasteiger charge is 2.61. The summed E-state index contributed by atoms with van der Waals surface area (Å²) in [5.41, 5.74) is 5.33. The average Bonchev–Trinajstić information content (AvgIpc) is 2.85. The maximum absolute atomic E-state index is 12.3. The molecule has 1 aliphatic carbocycles. The monoisotopic (exact) mass is 279 g/mol. The number of carbonyl (C=O) groups excluding carboxylic acids is 1. The molecule has 2 atom stereocenters. The Morgan fingerprint density at radius 1 is 1.47 bits per heavy atom. The van der Waals surface area contributed by atoms with Gasteiger partial charge in [-0.3, -0.25) is 9.59 Å². The Hall–Kier alpha value is -1.85. The van der Waals surface area contributed by atoms with Crippen molar-refractivity contribution in [2.75, 3.05) is 0 Å². The number of hydrogen-bond donors (Lipinski definition) is 2. The maximum Gasteiger partial charge on any atom is 0.308 e. The van der Waals surface area contributed by atoms with Gasteiger partial charge in [-0.25, -0.2) is 0 Å².